The Morgan fingerprint density at radius 2 is 1.91 bits per heavy atom. The Morgan fingerprint density at radius 3 is 2.41 bits per heavy atom. The van der Waals surface area contributed by atoms with Crippen molar-refractivity contribution in [2.75, 3.05) is 19.6 Å². The fraction of sp³-hybridized carbons (Fsp3) is 0.875. The van der Waals surface area contributed by atoms with Gasteiger partial charge in [-0.15, -0.1) is 0 Å². The molecule has 1 atom stereocenters. The molecule has 0 aliphatic carbocycles. The minimum atomic E-state index is -0.804. The summed E-state index contributed by atoms with van der Waals surface area (Å²) in [6.45, 7) is 9.46. The van der Waals surface area contributed by atoms with Crippen LogP contribution in [0.2, 0.25) is 0 Å². The van der Waals surface area contributed by atoms with E-state index in [2.05, 4.69) is 11.8 Å². The van der Waals surface area contributed by atoms with Gasteiger partial charge in [-0.1, -0.05) is 6.42 Å². The van der Waals surface area contributed by atoms with Gasteiger partial charge in [-0.05, 0) is 47.1 Å². The van der Waals surface area contributed by atoms with E-state index in [1.165, 1.54) is 6.42 Å². The number of likely N-dealkylation sites (tertiary alicyclic amines) is 2. The highest BCUT2D eigenvalue weighted by molar-refractivity contribution is 5.73. The summed E-state index contributed by atoms with van der Waals surface area (Å²) in [5.74, 6) is -0.804. The molecule has 2 fully saturated rings. The van der Waals surface area contributed by atoms with Crippen LogP contribution in [0.5, 0.6) is 0 Å². The lowest BCUT2D eigenvalue weighted by molar-refractivity contribution is -0.148. The zero-order chi connectivity index (χ0) is 16.5. The first kappa shape index (κ1) is 17.1. The highest BCUT2D eigenvalue weighted by Crippen LogP contribution is 2.36. The lowest BCUT2D eigenvalue weighted by atomic mass is 9.81. The Morgan fingerprint density at radius 1 is 1.27 bits per heavy atom. The number of hydrogen-bond acceptors (Lipinski definition) is 4. The van der Waals surface area contributed by atoms with Crippen LogP contribution in [0.4, 0.5) is 4.79 Å². The number of nitrogens with zero attached hydrogens (tertiary/aromatic N) is 2. The van der Waals surface area contributed by atoms with Crippen molar-refractivity contribution in [3.05, 3.63) is 0 Å². The van der Waals surface area contributed by atoms with E-state index in [9.17, 15) is 14.7 Å². The summed E-state index contributed by atoms with van der Waals surface area (Å²) in [4.78, 5) is 27.3. The van der Waals surface area contributed by atoms with E-state index in [1.807, 2.05) is 20.8 Å². The van der Waals surface area contributed by atoms with Gasteiger partial charge in [0.25, 0.3) is 0 Å². The standard InChI is InChI=1S/C16H28N2O4/c1-12-7-5-6-8-18(12)16(9-13(19)20)10-17(11-16)14(21)22-15(2,3)4/h12H,5-11H2,1-4H3,(H,19,20). The second-order valence-electron chi connectivity index (χ2n) is 7.67. The molecule has 1 amide bonds. The Hall–Kier alpha value is -1.30. The molecule has 0 aromatic carbocycles. The van der Waals surface area contributed by atoms with Crippen LogP contribution in [0.3, 0.4) is 0 Å². The number of aliphatic carboxylic acids is 1. The smallest absolute Gasteiger partial charge is 0.410 e. The first-order valence-electron chi connectivity index (χ1n) is 8.09. The molecule has 2 aliphatic rings. The number of piperidine rings is 1. The molecule has 6 heteroatoms. The summed E-state index contributed by atoms with van der Waals surface area (Å²) in [7, 11) is 0. The first-order valence-corrected chi connectivity index (χ1v) is 8.09. The number of carboxylic acid groups (broad SMARTS) is 1. The predicted molar refractivity (Wildman–Crippen MR) is 82.8 cm³/mol. The van der Waals surface area contributed by atoms with Gasteiger partial charge in [0, 0.05) is 19.1 Å². The van der Waals surface area contributed by atoms with E-state index >= 15 is 0 Å². The van der Waals surface area contributed by atoms with Crippen LogP contribution in [0.25, 0.3) is 0 Å². The minimum absolute atomic E-state index is 0.0800. The summed E-state index contributed by atoms with van der Waals surface area (Å²) in [5, 5.41) is 9.28. The van der Waals surface area contributed by atoms with Crippen LogP contribution < -0.4 is 0 Å². The normalized spacial score (nSPS) is 25.5. The molecule has 2 heterocycles. The van der Waals surface area contributed by atoms with Crippen molar-refractivity contribution in [1.82, 2.24) is 9.80 Å². The zero-order valence-electron chi connectivity index (χ0n) is 14.1. The molecular formula is C16H28N2O4. The molecule has 22 heavy (non-hydrogen) atoms. The lowest BCUT2D eigenvalue weighted by Crippen LogP contribution is -2.74. The van der Waals surface area contributed by atoms with Crippen LogP contribution in [0.15, 0.2) is 0 Å². The molecule has 6 nitrogen and oxygen atoms in total. The van der Waals surface area contributed by atoms with Crippen LogP contribution in [0.1, 0.15) is 53.4 Å². The van der Waals surface area contributed by atoms with Gasteiger partial charge in [-0.2, -0.15) is 0 Å². The summed E-state index contributed by atoms with van der Waals surface area (Å²) >= 11 is 0. The van der Waals surface area contributed by atoms with Crippen molar-refractivity contribution in [1.29, 1.82) is 0 Å². The fourth-order valence-electron chi connectivity index (χ4n) is 3.60. The molecule has 1 unspecified atom stereocenters. The third-order valence-corrected chi connectivity index (χ3v) is 4.51. The van der Waals surface area contributed by atoms with E-state index in [0.29, 0.717) is 19.1 Å². The van der Waals surface area contributed by atoms with Gasteiger partial charge in [0.15, 0.2) is 0 Å². The largest absolute Gasteiger partial charge is 0.481 e. The Bertz CT molecular complexity index is 438. The van der Waals surface area contributed by atoms with Gasteiger partial charge in [0.1, 0.15) is 5.60 Å². The van der Waals surface area contributed by atoms with Crippen LogP contribution in [-0.4, -0.2) is 63.8 Å². The van der Waals surface area contributed by atoms with Crippen molar-refractivity contribution in [2.45, 2.75) is 70.6 Å². The second kappa shape index (κ2) is 6.07. The van der Waals surface area contributed by atoms with Crippen LogP contribution >= 0.6 is 0 Å². The van der Waals surface area contributed by atoms with Crippen molar-refractivity contribution < 1.29 is 19.4 Å². The summed E-state index contributed by atoms with van der Waals surface area (Å²) < 4.78 is 5.38. The Labute approximate surface area is 132 Å². The summed E-state index contributed by atoms with van der Waals surface area (Å²) in [6, 6.07) is 0.369. The van der Waals surface area contributed by atoms with Crippen molar-refractivity contribution >= 4 is 12.1 Å². The second-order valence-corrected chi connectivity index (χ2v) is 7.67. The molecule has 0 bridgehead atoms. The maximum absolute atomic E-state index is 12.1. The third kappa shape index (κ3) is 3.72. The lowest BCUT2D eigenvalue weighted by Gasteiger charge is -2.57. The van der Waals surface area contributed by atoms with Crippen molar-refractivity contribution in [3.8, 4) is 0 Å². The van der Waals surface area contributed by atoms with E-state index in [4.69, 9.17) is 4.74 Å². The zero-order valence-corrected chi connectivity index (χ0v) is 14.1. The molecule has 2 rings (SSSR count). The summed E-state index contributed by atoms with van der Waals surface area (Å²) in [5.41, 5.74) is -0.955. The van der Waals surface area contributed by atoms with Gasteiger partial charge >= 0.3 is 12.1 Å². The van der Waals surface area contributed by atoms with Crippen molar-refractivity contribution in [3.63, 3.8) is 0 Å². The number of rotatable bonds is 3. The number of carboxylic acids is 1. The van der Waals surface area contributed by atoms with Crippen molar-refractivity contribution in [2.24, 2.45) is 0 Å². The highest BCUT2D eigenvalue weighted by Gasteiger charge is 2.53. The van der Waals surface area contributed by atoms with E-state index in [-0.39, 0.29) is 12.5 Å². The quantitative estimate of drug-likeness (QED) is 0.866. The molecule has 1 N–H and O–H groups in total. The minimum Gasteiger partial charge on any atom is -0.481 e. The highest BCUT2D eigenvalue weighted by atomic mass is 16.6. The molecular weight excluding hydrogens is 284 g/mol. The summed E-state index contributed by atoms with van der Waals surface area (Å²) in [6.07, 6.45) is 3.11. The number of carbonyl (C=O) groups is 2. The fourth-order valence-corrected chi connectivity index (χ4v) is 3.60. The molecule has 0 spiro atoms. The maximum atomic E-state index is 12.1. The predicted octanol–water partition coefficient (Wildman–Crippen LogP) is 2.33. The molecule has 0 saturated carbocycles. The van der Waals surface area contributed by atoms with Gasteiger partial charge in [-0.25, -0.2) is 4.79 Å². The molecule has 2 saturated heterocycles. The van der Waals surface area contributed by atoms with E-state index in [0.717, 1.165) is 19.4 Å². The Balaban J connectivity index is 2.05. The van der Waals surface area contributed by atoms with E-state index in [1.54, 1.807) is 4.90 Å². The van der Waals surface area contributed by atoms with Crippen LogP contribution in [-0.2, 0) is 9.53 Å². The molecule has 2 aliphatic heterocycles. The average molecular weight is 312 g/mol. The van der Waals surface area contributed by atoms with Gasteiger partial charge in [0.05, 0.1) is 12.0 Å². The van der Waals surface area contributed by atoms with Gasteiger partial charge in [-0.3, -0.25) is 9.69 Å². The number of hydrogen-bond donors (Lipinski definition) is 1. The van der Waals surface area contributed by atoms with Gasteiger partial charge in [0.2, 0.25) is 0 Å². The maximum Gasteiger partial charge on any atom is 0.410 e. The molecule has 0 aromatic rings. The number of ether oxygens (including phenoxy) is 1. The van der Waals surface area contributed by atoms with Crippen LogP contribution in [0, 0.1) is 0 Å². The average Bonchev–Trinajstić information content (AvgIpc) is 2.31. The number of carbonyl (C=O) groups excluding carboxylic acids is 1. The number of amides is 1. The van der Waals surface area contributed by atoms with E-state index < -0.39 is 17.1 Å². The Kier molecular flexibility index (Phi) is 4.70. The monoisotopic (exact) mass is 312 g/mol. The SMILES string of the molecule is CC1CCCCN1C1(CC(=O)O)CN(C(=O)OC(C)(C)C)C1. The first-order chi connectivity index (χ1) is 10.1. The topological polar surface area (TPSA) is 70.1 Å². The molecule has 0 aromatic heterocycles. The molecule has 0 radical (unpaired) electrons. The third-order valence-electron chi connectivity index (χ3n) is 4.51. The van der Waals surface area contributed by atoms with Gasteiger partial charge < -0.3 is 14.7 Å². The molecule has 126 valence electrons.